The second kappa shape index (κ2) is 6.42. The monoisotopic (exact) mass is 291 g/mol. The summed E-state index contributed by atoms with van der Waals surface area (Å²) in [5, 5.41) is 5.36. The molecule has 0 aliphatic carbocycles. The maximum atomic E-state index is 6.26. The van der Waals surface area contributed by atoms with Crippen molar-refractivity contribution in [1.29, 1.82) is 0 Å². The van der Waals surface area contributed by atoms with Crippen LogP contribution in [0.5, 0.6) is 0 Å². The van der Waals surface area contributed by atoms with Gasteiger partial charge in [0.25, 0.3) is 0 Å². The van der Waals surface area contributed by atoms with E-state index in [1.54, 1.807) is 0 Å². The van der Waals surface area contributed by atoms with E-state index in [1.807, 2.05) is 42.1 Å². The van der Waals surface area contributed by atoms with Crippen molar-refractivity contribution >= 4 is 11.6 Å². The molecule has 0 bridgehead atoms. The number of benzene rings is 1. The van der Waals surface area contributed by atoms with Crippen molar-refractivity contribution < 1.29 is 0 Å². The number of nitrogens with two attached hydrogens (primary N) is 1. The van der Waals surface area contributed by atoms with Crippen LogP contribution in [-0.4, -0.2) is 9.78 Å². The molecule has 0 aliphatic heterocycles. The Kier molecular flexibility index (Phi) is 4.84. The first-order chi connectivity index (χ1) is 9.51. The molecule has 0 aliphatic rings. The zero-order chi connectivity index (χ0) is 14.7. The normalized spacial score (nSPS) is 14.2. The first kappa shape index (κ1) is 15.1. The van der Waals surface area contributed by atoms with E-state index in [2.05, 4.69) is 18.9 Å². The van der Waals surface area contributed by atoms with Gasteiger partial charge >= 0.3 is 0 Å². The zero-order valence-corrected chi connectivity index (χ0v) is 13.1. The lowest BCUT2D eigenvalue weighted by atomic mass is 10.0. The fourth-order valence-electron chi connectivity index (χ4n) is 2.10. The largest absolute Gasteiger partial charge is 0.324 e. The van der Waals surface area contributed by atoms with E-state index in [0.717, 1.165) is 34.7 Å². The predicted molar refractivity (Wildman–Crippen MR) is 84.1 cm³/mol. The van der Waals surface area contributed by atoms with Gasteiger partial charge in [-0.1, -0.05) is 30.7 Å². The van der Waals surface area contributed by atoms with Gasteiger partial charge in [-0.3, -0.25) is 4.68 Å². The molecule has 0 spiro atoms. The van der Waals surface area contributed by atoms with E-state index in [-0.39, 0.29) is 6.04 Å². The molecule has 1 aromatic heterocycles. The van der Waals surface area contributed by atoms with Crippen LogP contribution in [0.1, 0.15) is 49.2 Å². The van der Waals surface area contributed by atoms with Crippen molar-refractivity contribution in [2.24, 2.45) is 5.73 Å². The minimum atomic E-state index is -0.0756. The average molecular weight is 292 g/mol. The molecule has 2 unspecified atom stereocenters. The van der Waals surface area contributed by atoms with E-state index in [0.29, 0.717) is 6.04 Å². The molecule has 20 heavy (non-hydrogen) atoms. The third-order valence-electron chi connectivity index (χ3n) is 3.76. The third-order valence-corrected chi connectivity index (χ3v) is 4.17. The number of nitrogens with zero attached hydrogens (tertiary/aromatic N) is 2. The van der Waals surface area contributed by atoms with Gasteiger partial charge in [-0.25, -0.2) is 0 Å². The minimum Gasteiger partial charge on any atom is -0.324 e. The molecule has 2 rings (SSSR count). The van der Waals surface area contributed by atoms with E-state index < -0.39 is 0 Å². The Morgan fingerprint density at radius 3 is 2.75 bits per heavy atom. The topological polar surface area (TPSA) is 43.8 Å². The van der Waals surface area contributed by atoms with Gasteiger partial charge in [0.05, 0.1) is 5.69 Å². The summed E-state index contributed by atoms with van der Waals surface area (Å²) in [5.41, 5.74) is 9.41. The molecule has 4 heteroatoms. The lowest BCUT2D eigenvalue weighted by Gasteiger charge is -2.12. The van der Waals surface area contributed by atoms with Crippen LogP contribution in [0.4, 0.5) is 0 Å². The summed E-state index contributed by atoms with van der Waals surface area (Å²) < 4.78 is 2.00. The third kappa shape index (κ3) is 3.41. The van der Waals surface area contributed by atoms with Crippen LogP contribution in [0, 0.1) is 6.92 Å². The number of hydrogen-bond donors (Lipinski definition) is 1. The quantitative estimate of drug-likeness (QED) is 0.903. The Hall–Kier alpha value is -1.32. The molecule has 1 aromatic carbocycles. The van der Waals surface area contributed by atoms with E-state index >= 15 is 0 Å². The van der Waals surface area contributed by atoms with E-state index in [1.165, 1.54) is 0 Å². The molecule has 0 radical (unpaired) electrons. The van der Waals surface area contributed by atoms with Crippen LogP contribution in [0.25, 0.3) is 0 Å². The number of hydrogen-bond acceptors (Lipinski definition) is 2. The van der Waals surface area contributed by atoms with Gasteiger partial charge in [0, 0.05) is 29.7 Å². The van der Waals surface area contributed by atoms with E-state index in [4.69, 9.17) is 17.3 Å². The first-order valence-corrected chi connectivity index (χ1v) is 7.44. The highest BCUT2D eigenvalue weighted by Gasteiger charge is 2.11. The molecule has 2 N–H and O–H groups in total. The van der Waals surface area contributed by atoms with Gasteiger partial charge in [-0.15, -0.1) is 0 Å². The summed E-state index contributed by atoms with van der Waals surface area (Å²) in [6.07, 6.45) is 3.82. The average Bonchev–Trinajstić information content (AvgIpc) is 2.89. The number of aryl methyl sites for hydroxylation is 1. The molecule has 0 saturated carbocycles. The Bertz CT molecular complexity index is 577. The molecule has 2 atom stereocenters. The summed E-state index contributed by atoms with van der Waals surface area (Å²) in [6.45, 7) is 6.31. The molecule has 0 saturated heterocycles. The fraction of sp³-hybridized carbons (Fsp3) is 0.438. The van der Waals surface area contributed by atoms with E-state index in [9.17, 15) is 0 Å². The molecule has 108 valence electrons. The van der Waals surface area contributed by atoms with Crippen LogP contribution in [0.3, 0.4) is 0 Å². The van der Waals surface area contributed by atoms with Crippen molar-refractivity contribution in [2.75, 3.05) is 0 Å². The van der Waals surface area contributed by atoms with Crippen LogP contribution in [0.2, 0.25) is 5.02 Å². The Labute approximate surface area is 125 Å². The zero-order valence-electron chi connectivity index (χ0n) is 12.3. The van der Waals surface area contributed by atoms with Gasteiger partial charge < -0.3 is 5.73 Å². The second-order valence-corrected chi connectivity index (χ2v) is 5.77. The smallest absolute Gasteiger partial charge is 0.0643 e. The Balaban J connectivity index is 2.09. The molecular formula is C16H22ClN3. The summed E-state index contributed by atoms with van der Waals surface area (Å²) in [6, 6.07) is 8.39. The molecule has 0 amide bonds. The highest BCUT2D eigenvalue weighted by molar-refractivity contribution is 6.31. The van der Waals surface area contributed by atoms with Gasteiger partial charge in [0.15, 0.2) is 0 Å². The summed E-state index contributed by atoms with van der Waals surface area (Å²) in [4.78, 5) is 0. The lowest BCUT2D eigenvalue weighted by Crippen LogP contribution is -2.14. The second-order valence-electron chi connectivity index (χ2n) is 5.36. The van der Waals surface area contributed by atoms with Gasteiger partial charge in [-0.05, 0) is 43.5 Å². The maximum absolute atomic E-state index is 6.26. The summed E-state index contributed by atoms with van der Waals surface area (Å²) in [7, 11) is 0. The van der Waals surface area contributed by atoms with Gasteiger partial charge in [-0.2, -0.15) is 5.10 Å². The summed E-state index contributed by atoms with van der Waals surface area (Å²) in [5.74, 6) is 0. The molecule has 2 aromatic rings. The highest BCUT2D eigenvalue weighted by Crippen LogP contribution is 2.22. The van der Waals surface area contributed by atoms with Gasteiger partial charge in [0.1, 0.15) is 0 Å². The SMILES string of the molecule is CCC(C)n1ccc(CC(N)c2ccc(C)c(Cl)c2)n1. The number of rotatable bonds is 5. The predicted octanol–water partition coefficient (Wildman–Crippen LogP) is 4.06. The van der Waals surface area contributed by atoms with Crippen molar-refractivity contribution in [3.05, 3.63) is 52.3 Å². The van der Waals surface area contributed by atoms with Crippen molar-refractivity contribution in [1.82, 2.24) is 9.78 Å². The number of halogens is 1. The van der Waals surface area contributed by atoms with Crippen LogP contribution in [-0.2, 0) is 6.42 Å². The Morgan fingerprint density at radius 2 is 2.10 bits per heavy atom. The molecular weight excluding hydrogens is 270 g/mol. The van der Waals surface area contributed by atoms with Crippen molar-refractivity contribution in [3.8, 4) is 0 Å². The van der Waals surface area contributed by atoms with Crippen LogP contribution < -0.4 is 5.73 Å². The standard InChI is InChI=1S/C16H22ClN3/c1-4-12(3)20-8-7-14(19-20)10-16(18)13-6-5-11(2)15(17)9-13/h5-9,12,16H,4,10,18H2,1-3H3. The summed E-state index contributed by atoms with van der Waals surface area (Å²) >= 11 is 6.15. The number of aromatic nitrogens is 2. The van der Waals surface area contributed by atoms with Crippen molar-refractivity contribution in [3.63, 3.8) is 0 Å². The molecule has 3 nitrogen and oxygen atoms in total. The first-order valence-electron chi connectivity index (χ1n) is 7.07. The van der Waals surface area contributed by atoms with Crippen LogP contribution in [0.15, 0.2) is 30.5 Å². The minimum absolute atomic E-state index is 0.0756. The van der Waals surface area contributed by atoms with Crippen molar-refractivity contribution in [2.45, 2.75) is 45.7 Å². The molecule has 1 heterocycles. The van der Waals surface area contributed by atoms with Crippen LogP contribution >= 0.6 is 11.6 Å². The highest BCUT2D eigenvalue weighted by atomic mass is 35.5. The lowest BCUT2D eigenvalue weighted by molar-refractivity contribution is 0.472. The Morgan fingerprint density at radius 1 is 1.35 bits per heavy atom. The maximum Gasteiger partial charge on any atom is 0.0643 e. The van der Waals surface area contributed by atoms with Gasteiger partial charge in [0.2, 0.25) is 0 Å². The fourth-order valence-corrected chi connectivity index (χ4v) is 2.29. The molecule has 0 fully saturated rings.